The zero-order chi connectivity index (χ0) is 21.3. The maximum absolute atomic E-state index is 13.0. The number of hydrogen-bond donors (Lipinski definition) is 2. The fourth-order valence-corrected chi connectivity index (χ4v) is 4.89. The Hall–Kier alpha value is -2.34. The Morgan fingerprint density at radius 3 is 2.37 bits per heavy atom. The molecule has 2 aliphatic carbocycles. The molecule has 0 bridgehead atoms. The fourth-order valence-electron chi connectivity index (χ4n) is 4.67. The third-order valence-corrected chi connectivity index (χ3v) is 6.80. The van der Waals surface area contributed by atoms with E-state index in [-0.39, 0.29) is 34.6 Å². The van der Waals surface area contributed by atoms with Crippen LogP contribution < -0.4 is 10.6 Å². The highest BCUT2D eigenvalue weighted by molar-refractivity contribution is 6.48. The number of carbonyl (C=O) groups excluding carboxylic acids is 3. The molecular formula is C23H28ClN3O3. The van der Waals surface area contributed by atoms with Crippen LogP contribution in [0.25, 0.3) is 0 Å². The Labute approximate surface area is 182 Å². The summed E-state index contributed by atoms with van der Waals surface area (Å²) in [6, 6.07) is 5.47. The van der Waals surface area contributed by atoms with Crippen molar-refractivity contribution in [3.8, 4) is 0 Å². The monoisotopic (exact) mass is 429 g/mol. The summed E-state index contributed by atoms with van der Waals surface area (Å²) in [7, 11) is 0. The molecule has 1 heterocycles. The quantitative estimate of drug-likeness (QED) is 0.686. The first kappa shape index (κ1) is 20.9. The number of nitrogens with one attached hydrogen (secondary N) is 2. The molecule has 0 unspecified atom stereocenters. The molecule has 4 rings (SSSR count). The lowest BCUT2D eigenvalue weighted by molar-refractivity contribution is -0.140. The van der Waals surface area contributed by atoms with Gasteiger partial charge in [0.05, 0.1) is 0 Å². The molecule has 0 radical (unpaired) electrons. The van der Waals surface area contributed by atoms with E-state index < -0.39 is 5.91 Å². The van der Waals surface area contributed by atoms with E-state index in [4.69, 9.17) is 11.6 Å². The van der Waals surface area contributed by atoms with Gasteiger partial charge in [-0.25, -0.2) is 0 Å². The number of amides is 3. The van der Waals surface area contributed by atoms with E-state index in [1.165, 1.54) is 4.90 Å². The van der Waals surface area contributed by atoms with Gasteiger partial charge >= 0.3 is 0 Å². The van der Waals surface area contributed by atoms with Gasteiger partial charge in [-0.05, 0) is 50.3 Å². The van der Waals surface area contributed by atoms with Crippen LogP contribution in [0.2, 0.25) is 0 Å². The number of halogens is 1. The number of nitrogens with zero attached hydrogens (tertiary/aromatic N) is 1. The van der Waals surface area contributed by atoms with Crippen LogP contribution in [0.5, 0.6) is 0 Å². The molecular weight excluding hydrogens is 402 g/mol. The first-order chi connectivity index (χ1) is 14.5. The zero-order valence-electron chi connectivity index (χ0n) is 17.3. The van der Waals surface area contributed by atoms with Crippen LogP contribution in [0.4, 0.5) is 5.69 Å². The summed E-state index contributed by atoms with van der Waals surface area (Å²) in [4.78, 5) is 39.6. The molecule has 3 aliphatic rings. The van der Waals surface area contributed by atoms with E-state index in [2.05, 4.69) is 10.6 Å². The third kappa shape index (κ3) is 4.10. The molecule has 160 valence electrons. The van der Waals surface area contributed by atoms with Crippen molar-refractivity contribution in [2.24, 2.45) is 0 Å². The summed E-state index contributed by atoms with van der Waals surface area (Å²) in [5.41, 5.74) is 2.09. The highest BCUT2D eigenvalue weighted by Crippen LogP contribution is 2.33. The summed E-state index contributed by atoms with van der Waals surface area (Å²) in [6.45, 7) is 1.88. The van der Waals surface area contributed by atoms with Crippen LogP contribution in [0, 0.1) is 6.92 Å². The Balaban J connectivity index is 1.52. The van der Waals surface area contributed by atoms with Gasteiger partial charge in [-0.3, -0.25) is 19.3 Å². The van der Waals surface area contributed by atoms with Gasteiger partial charge in [0, 0.05) is 23.3 Å². The number of imide groups is 1. The summed E-state index contributed by atoms with van der Waals surface area (Å²) in [5.74, 6) is -0.927. The van der Waals surface area contributed by atoms with Crippen molar-refractivity contribution in [3.05, 3.63) is 40.1 Å². The SMILES string of the molecule is Cc1ccc(C(=O)NC2CCCC2)cc1NC1=C(Cl)C(=O)N(C2CCCCC2)C1=O. The molecule has 0 aromatic heterocycles. The highest BCUT2D eigenvalue weighted by atomic mass is 35.5. The van der Waals surface area contributed by atoms with Crippen molar-refractivity contribution in [2.75, 3.05) is 5.32 Å². The summed E-state index contributed by atoms with van der Waals surface area (Å²) < 4.78 is 0. The minimum absolute atomic E-state index is 0.0780. The Bertz CT molecular complexity index is 899. The first-order valence-electron chi connectivity index (χ1n) is 10.9. The molecule has 6 nitrogen and oxygen atoms in total. The van der Waals surface area contributed by atoms with E-state index in [9.17, 15) is 14.4 Å². The number of aryl methyl sites for hydroxylation is 1. The Kier molecular flexibility index (Phi) is 6.14. The fraction of sp³-hybridized carbons (Fsp3) is 0.522. The average Bonchev–Trinajstić information content (AvgIpc) is 3.32. The van der Waals surface area contributed by atoms with Crippen molar-refractivity contribution >= 4 is 35.0 Å². The van der Waals surface area contributed by atoms with Crippen LogP contribution in [0.3, 0.4) is 0 Å². The van der Waals surface area contributed by atoms with Gasteiger partial charge in [0.15, 0.2) is 0 Å². The Morgan fingerprint density at radius 1 is 1.00 bits per heavy atom. The summed E-state index contributed by atoms with van der Waals surface area (Å²) >= 11 is 6.28. The normalized spacial score (nSPS) is 20.9. The van der Waals surface area contributed by atoms with Gasteiger partial charge in [-0.2, -0.15) is 0 Å². The topological polar surface area (TPSA) is 78.5 Å². The number of hydrogen-bond acceptors (Lipinski definition) is 4. The van der Waals surface area contributed by atoms with Crippen LogP contribution >= 0.6 is 11.6 Å². The van der Waals surface area contributed by atoms with Gasteiger partial charge in [-0.15, -0.1) is 0 Å². The third-order valence-electron chi connectivity index (χ3n) is 6.45. The lowest BCUT2D eigenvalue weighted by Gasteiger charge is -2.29. The molecule has 1 aliphatic heterocycles. The number of rotatable bonds is 5. The first-order valence-corrected chi connectivity index (χ1v) is 11.3. The zero-order valence-corrected chi connectivity index (χ0v) is 18.1. The molecule has 0 spiro atoms. The molecule has 1 aromatic carbocycles. The molecule has 2 fully saturated rings. The van der Waals surface area contributed by atoms with Gasteiger partial charge in [0.25, 0.3) is 17.7 Å². The van der Waals surface area contributed by atoms with E-state index in [0.29, 0.717) is 11.3 Å². The number of carbonyl (C=O) groups is 3. The Morgan fingerprint density at radius 2 is 1.67 bits per heavy atom. The highest BCUT2D eigenvalue weighted by Gasteiger charge is 2.42. The molecule has 3 amide bonds. The van der Waals surface area contributed by atoms with Crippen LogP contribution in [0.15, 0.2) is 28.9 Å². The average molecular weight is 430 g/mol. The summed E-state index contributed by atoms with van der Waals surface area (Å²) in [5, 5.41) is 6.05. The van der Waals surface area contributed by atoms with Gasteiger partial charge in [-0.1, -0.05) is 49.8 Å². The summed E-state index contributed by atoms with van der Waals surface area (Å²) in [6.07, 6.45) is 9.12. The van der Waals surface area contributed by atoms with Crippen LogP contribution in [0.1, 0.15) is 73.7 Å². The van der Waals surface area contributed by atoms with Crippen molar-refractivity contribution in [1.29, 1.82) is 0 Å². The second-order valence-electron chi connectivity index (χ2n) is 8.57. The molecule has 2 saturated carbocycles. The molecule has 30 heavy (non-hydrogen) atoms. The lowest BCUT2D eigenvalue weighted by atomic mass is 9.94. The van der Waals surface area contributed by atoms with Crippen LogP contribution in [-0.2, 0) is 9.59 Å². The minimum atomic E-state index is -0.427. The number of benzene rings is 1. The second kappa shape index (κ2) is 8.80. The lowest BCUT2D eigenvalue weighted by Crippen LogP contribution is -2.42. The van der Waals surface area contributed by atoms with E-state index >= 15 is 0 Å². The smallest absolute Gasteiger partial charge is 0.279 e. The van der Waals surface area contributed by atoms with E-state index in [0.717, 1.165) is 63.4 Å². The van der Waals surface area contributed by atoms with E-state index in [1.54, 1.807) is 12.1 Å². The van der Waals surface area contributed by atoms with Gasteiger partial charge in [0.2, 0.25) is 0 Å². The standard InChI is InChI=1S/C23H28ClN3O3/c1-14-11-12-15(21(28)25-16-7-5-6-8-16)13-18(14)26-20-19(24)22(29)27(23(20)30)17-9-3-2-4-10-17/h11-13,16-17,26H,2-10H2,1H3,(H,25,28). The molecule has 2 N–H and O–H groups in total. The van der Waals surface area contributed by atoms with Crippen molar-refractivity contribution in [3.63, 3.8) is 0 Å². The van der Waals surface area contributed by atoms with Crippen LogP contribution in [-0.4, -0.2) is 34.7 Å². The minimum Gasteiger partial charge on any atom is -0.349 e. The maximum atomic E-state index is 13.0. The maximum Gasteiger partial charge on any atom is 0.279 e. The van der Waals surface area contributed by atoms with E-state index in [1.807, 2.05) is 13.0 Å². The second-order valence-corrected chi connectivity index (χ2v) is 8.95. The molecule has 0 atom stereocenters. The molecule has 1 aromatic rings. The predicted octanol–water partition coefficient (Wildman–Crippen LogP) is 4.23. The predicted molar refractivity (Wildman–Crippen MR) is 116 cm³/mol. The van der Waals surface area contributed by atoms with Crippen molar-refractivity contribution in [2.45, 2.75) is 76.8 Å². The van der Waals surface area contributed by atoms with Gasteiger partial charge < -0.3 is 10.6 Å². The van der Waals surface area contributed by atoms with Gasteiger partial charge in [0.1, 0.15) is 10.7 Å². The van der Waals surface area contributed by atoms with Crippen molar-refractivity contribution < 1.29 is 14.4 Å². The largest absolute Gasteiger partial charge is 0.349 e. The molecule has 0 saturated heterocycles. The number of anilines is 1. The molecule has 7 heteroatoms. The van der Waals surface area contributed by atoms with Crippen molar-refractivity contribution in [1.82, 2.24) is 10.2 Å².